The Kier molecular flexibility index (Phi) is 3.92. The molecule has 0 saturated heterocycles. The van der Waals surface area contributed by atoms with Gasteiger partial charge in [-0.25, -0.2) is 4.79 Å². The largest absolute Gasteiger partial charge is 0.444 e. The van der Waals surface area contributed by atoms with Gasteiger partial charge >= 0.3 is 6.09 Å². The Balaban J connectivity index is 2.09. The molecule has 2 atom stereocenters. The summed E-state index contributed by atoms with van der Waals surface area (Å²) in [4.78, 5) is 11.7. The standard InChI is InChI=1S/C15H17ClN2O2/c1-15(2,3)20-14(19)18-10-4-5-13(16)12(7-10)11-6-9(11)8-17/h4-5,7,9,11H,6H2,1-3H3,(H,18,19)/t9-,11-/m1/s1. The minimum atomic E-state index is -0.540. The number of benzene rings is 1. The predicted octanol–water partition coefficient (Wildman–Crippen LogP) is 4.31. The molecule has 0 bridgehead atoms. The Morgan fingerprint density at radius 3 is 2.75 bits per heavy atom. The lowest BCUT2D eigenvalue weighted by Crippen LogP contribution is -2.27. The molecule has 4 nitrogen and oxygen atoms in total. The van der Waals surface area contributed by atoms with Gasteiger partial charge in [-0.3, -0.25) is 5.32 Å². The van der Waals surface area contributed by atoms with Gasteiger partial charge in [0.2, 0.25) is 0 Å². The summed E-state index contributed by atoms with van der Waals surface area (Å²) in [5.41, 5.74) is 0.996. The fourth-order valence-electron chi connectivity index (χ4n) is 2.01. The Hall–Kier alpha value is -1.73. The molecule has 1 amide bonds. The van der Waals surface area contributed by atoms with Gasteiger partial charge in [-0.2, -0.15) is 5.26 Å². The van der Waals surface area contributed by atoms with Crippen LogP contribution >= 0.6 is 11.6 Å². The molecule has 1 N–H and O–H groups in total. The van der Waals surface area contributed by atoms with Crippen LogP contribution in [0, 0.1) is 17.2 Å². The number of nitriles is 1. The second-order valence-corrected chi connectivity index (χ2v) is 6.35. The molecule has 0 aliphatic heterocycles. The molecule has 106 valence electrons. The number of amides is 1. The molecular formula is C15H17ClN2O2. The van der Waals surface area contributed by atoms with Gasteiger partial charge in [-0.1, -0.05) is 11.6 Å². The number of hydrogen-bond acceptors (Lipinski definition) is 3. The topological polar surface area (TPSA) is 62.1 Å². The van der Waals surface area contributed by atoms with Crippen LogP contribution in [0.3, 0.4) is 0 Å². The van der Waals surface area contributed by atoms with E-state index in [9.17, 15) is 4.79 Å². The lowest BCUT2D eigenvalue weighted by molar-refractivity contribution is 0.0636. The van der Waals surface area contributed by atoms with Crippen LogP contribution in [0.25, 0.3) is 0 Å². The van der Waals surface area contributed by atoms with Gasteiger partial charge in [-0.05, 0) is 51.0 Å². The van der Waals surface area contributed by atoms with E-state index in [1.807, 2.05) is 26.8 Å². The van der Waals surface area contributed by atoms with E-state index in [0.717, 1.165) is 12.0 Å². The van der Waals surface area contributed by atoms with Crippen molar-refractivity contribution in [1.29, 1.82) is 5.26 Å². The highest BCUT2D eigenvalue weighted by Gasteiger charge is 2.39. The fourth-order valence-corrected chi connectivity index (χ4v) is 2.27. The smallest absolute Gasteiger partial charge is 0.412 e. The van der Waals surface area contributed by atoms with Gasteiger partial charge in [0.15, 0.2) is 0 Å². The number of rotatable bonds is 2. The Bertz CT molecular complexity index is 572. The lowest BCUT2D eigenvalue weighted by atomic mass is 10.1. The highest BCUT2D eigenvalue weighted by atomic mass is 35.5. The predicted molar refractivity (Wildman–Crippen MR) is 77.8 cm³/mol. The van der Waals surface area contributed by atoms with Crippen molar-refractivity contribution >= 4 is 23.4 Å². The zero-order chi connectivity index (χ0) is 14.9. The minimum absolute atomic E-state index is 0.0317. The van der Waals surface area contributed by atoms with Crippen LogP contribution < -0.4 is 5.32 Å². The Morgan fingerprint density at radius 1 is 1.50 bits per heavy atom. The average molecular weight is 293 g/mol. The van der Waals surface area contributed by atoms with Crippen molar-refractivity contribution in [3.8, 4) is 6.07 Å². The minimum Gasteiger partial charge on any atom is -0.444 e. The monoisotopic (exact) mass is 292 g/mol. The van der Waals surface area contributed by atoms with Crippen molar-refractivity contribution in [2.45, 2.75) is 38.7 Å². The van der Waals surface area contributed by atoms with Crippen LogP contribution in [0.1, 0.15) is 38.7 Å². The normalized spacial score (nSPS) is 20.9. The number of nitrogens with one attached hydrogen (secondary N) is 1. The van der Waals surface area contributed by atoms with Gasteiger partial charge in [0.05, 0.1) is 12.0 Å². The molecule has 1 aliphatic rings. The molecule has 2 rings (SSSR count). The van der Waals surface area contributed by atoms with E-state index >= 15 is 0 Å². The molecular weight excluding hydrogens is 276 g/mol. The summed E-state index contributed by atoms with van der Waals surface area (Å²) in [6, 6.07) is 7.50. The number of ether oxygens (including phenoxy) is 1. The molecule has 1 fully saturated rings. The third-order valence-corrected chi connectivity index (χ3v) is 3.34. The Morgan fingerprint density at radius 2 is 2.20 bits per heavy atom. The zero-order valence-corrected chi connectivity index (χ0v) is 12.5. The fraction of sp³-hybridized carbons (Fsp3) is 0.467. The molecule has 0 heterocycles. The van der Waals surface area contributed by atoms with Crippen LogP contribution in [0.5, 0.6) is 0 Å². The zero-order valence-electron chi connectivity index (χ0n) is 11.7. The van der Waals surface area contributed by atoms with Crippen LogP contribution in [0.15, 0.2) is 18.2 Å². The quantitative estimate of drug-likeness (QED) is 0.883. The van der Waals surface area contributed by atoms with Crippen LogP contribution in [-0.2, 0) is 4.74 Å². The van der Waals surface area contributed by atoms with Crippen molar-refractivity contribution in [3.63, 3.8) is 0 Å². The van der Waals surface area contributed by atoms with Gasteiger partial charge < -0.3 is 4.74 Å². The summed E-state index contributed by atoms with van der Waals surface area (Å²) in [6.07, 6.45) is 0.324. The van der Waals surface area contributed by atoms with E-state index in [0.29, 0.717) is 10.7 Å². The third-order valence-electron chi connectivity index (χ3n) is 3.00. The van der Waals surface area contributed by atoms with Gasteiger partial charge in [0.25, 0.3) is 0 Å². The van der Waals surface area contributed by atoms with E-state index in [4.69, 9.17) is 21.6 Å². The number of carbonyl (C=O) groups is 1. The summed E-state index contributed by atoms with van der Waals surface area (Å²) in [7, 11) is 0. The number of halogens is 1. The first-order valence-corrected chi connectivity index (χ1v) is 6.87. The molecule has 1 saturated carbocycles. The van der Waals surface area contributed by atoms with E-state index in [2.05, 4.69) is 11.4 Å². The highest BCUT2D eigenvalue weighted by Crippen LogP contribution is 2.49. The maximum atomic E-state index is 11.7. The maximum absolute atomic E-state index is 11.7. The lowest BCUT2D eigenvalue weighted by Gasteiger charge is -2.20. The van der Waals surface area contributed by atoms with Crippen molar-refractivity contribution in [1.82, 2.24) is 0 Å². The first-order valence-electron chi connectivity index (χ1n) is 6.49. The van der Waals surface area contributed by atoms with Crippen LogP contribution in [0.2, 0.25) is 5.02 Å². The summed E-state index contributed by atoms with van der Waals surface area (Å²) < 4.78 is 5.19. The van der Waals surface area contributed by atoms with Crippen LogP contribution in [0.4, 0.5) is 10.5 Å². The Labute approximate surface area is 123 Å². The molecule has 0 spiro atoms. The van der Waals surface area contributed by atoms with E-state index in [1.165, 1.54) is 0 Å². The van der Waals surface area contributed by atoms with E-state index in [1.54, 1.807) is 12.1 Å². The molecule has 0 radical (unpaired) electrons. The SMILES string of the molecule is CC(C)(C)OC(=O)Nc1ccc(Cl)c([C@@H]2C[C@@H]2C#N)c1. The molecule has 0 unspecified atom stereocenters. The highest BCUT2D eigenvalue weighted by molar-refractivity contribution is 6.31. The molecule has 5 heteroatoms. The van der Waals surface area contributed by atoms with E-state index < -0.39 is 11.7 Å². The van der Waals surface area contributed by atoms with E-state index in [-0.39, 0.29) is 11.8 Å². The molecule has 20 heavy (non-hydrogen) atoms. The van der Waals surface area contributed by atoms with Crippen molar-refractivity contribution in [2.24, 2.45) is 5.92 Å². The number of anilines is 1. The molecule has 1 aromatic carbocycles. The second kappa shape index (κ2) is 5.34. The molecule has 1 aromatic rings. The maximum Gasteiger partial charge on any atom is 0.412 e. The average Bonchev–Trinajstić information content (AvgIpc) is 3.08. The first kappa shape index (κ1) is 14.7. The van der Waals surface area contributed by atoms with Crippen molar-refractivity contribution < 1.29 is 9.53 Å². The number of hydrogen-bond donors (Lipinski definition) is 1. The van der Waals surface area contributed by atoms with Crippen molar-refractivity contribution in [2.75, 3.05) is 5.32 Å². The third kappa shape index (κ3) is 3.64. The molecule has 0 aromatic heterocycles. The molecule has 1 aliphatic carbocycles. The van der Waals surface area contributed by atoms with Gasteiger partial charge in [0.1, 0.15) is 5.60 Å². The summed E-state index contributed by atoms with van der Waals surface area (Å²) in [5.74, 6) is 0.206. The first-order chi connectivity index (χ1) is 9.30. The summed E-state index contributed by atoms with van der Waals surface area (Å²) in [5, 5.41) is 12.2. The van der Waals surface area contributed by atoms with Gasteiger partial charge in [-0.15, -0.1) is 0 Å². The summed E-state index contributed by atoms with van der Waals surface area (Å²) >= 11 is 6.14. The summed E-state index contributed by atoms with van der Waals surface area (Å²) in [6.45, 7) is 5.42. The van der Waals surface area contributed by atoms with Gasteiger partial charge in [0, 0.05) is 16.6 Å². The number of carbonyl (C=O) groups excluding carboxylic acids is 1. The second-order valence-electron chi connectivity index (χ2n) is 5.94. The van der Waals surface area contributed by atoms with Crippen molar-refractivity contribution in [3.05, 3.63) is 28.8 Å². The number of nitrogens with zero attached hydrogens (tertiary/aromatic N) is 1. The van der Waals surface area contributed by atoms with Crippen LogP contribution in [-0.4, -0.2) is 11.7 Å².